The molecule has 0 amide bonds. The normalized spacial score (nSPS) is 10.2. The molecule has 0 bridgehead atoms. The van der Waals surface area contributed by atoms with E-state index in [9.17, 15) is 4.79 Å². The van der Waals surface area contributed by atoms with Crippen LogP contribution in [0.2, 0.25) is 0 Å². The number of carboxylic acids is 1. The molecule has 0 saturated heterocycles. The third-order valence-electron chi connectivity index (χ3n) is 3.27. The van der Waals surface area contributed by atoms with Crippen molar-refractivity contribution < 1.29 is 19.4 Å². The van der Waals surface area contributed by atoms with Crippen LogP contribution in [0.4, 0.5) is 0 Å². The summed E-state index contributed by atoms with van der Waals surface area (Å²) in [6.07, 6.45) is 0.915. The summed E-state index contributed by atoms with van der Waals surface area (Å²) in [5, 5.41) is 9.15. The molecule has 0 radical (unpaired) electrons. The lowest BCUT2D eigenvalue weighted by atomic mass is 10.1. The number of methoxy groups -OCH3 is 1. The summed E-state index contributed by atoms with van der Waals surface area (Å²) in [7, 11) is 1.59. The highest BCUT2D eigenvalue weighted by atomic mass is 16.5. The van der Waals surface area contributed by atoms with E-state index in [1.807, 2.05) is 18.2 Å². The molecule has 4 heteroatoms. The Labute approximate surface area is 123 Å². The molecular formula is C17H18O4. The van der Waals surface area contributed by atoms with Crippen molar-refractivity contribution in [3.63, 3.8) is 0 Å². The molecule has 0 unspecified atom stereocenters. The molecule has 0 heterocycles. The van der Waals surface area contributed by atoms with Crippen LogP contribution in [0.15, 0.2) is 42.5 Å². The SMILES string of the molecule is CCc1ccc(OCc2ccccc2C(=O)O)c(OC)c1. The molecule has 110 valence electrons. The first-order valence-corrected chi connectivity index (χ1v) is 6.76. The maximum Gasteiger partial charge on any atom is 0.336 e. The Morgan fingerprint density at radius 3 is 2.57 bits per heavy atom. The Kier molecular flexibility index (Phi) is 4.82. The van der Waals surface area contributed by atoms with Gasteiger partial charge in [0.2, 0.25) is 0 Å². The highest BCUT2D eigenvalue weighted by Crippen LogP contribution is 2.29. The lowest BCUT2D eigenvalue weighted by Gasteiger charge is -2.13. The van der Waals surface area contributed by atoms with Crippen molar-refractivity contribution in [3.8, 4) is 11.5 Å². The van der Waals surface area contributed by atoms with E-state index < -0.39 is 5.97 Å². The fourth-order valence-corrected chi connectivity index (χ4v) is 2.06. The Bertz CT molecular complexity index is 634. The first-order valence-electron chi connectivity index (χ1n) is 6.76. The van der Waals surface area contributed by atoms with Crippen molar-refractivity contribution in [3.05, 3.63) is 59.2 Å². The quantitative estimate of drug-likeness (QED) is 0.882. The minimum Gasteiger partial charge on any atom is -0.493 e. The Hall–Kier alpha value is -2.49. The van der Waals surface area contributed by atoms with Crippen molar-refractivity contribution in [2.24, 2.45) is 0 Å². The molecule has 0 aromatic heterocycles. The zero-order valence-corrected chi connectivity index (χ0v) is 12.1. The fourth-order valence-electron chi connectivity index (χ4n) is 2.06. The molecule has 0 aliphatic carbocycles. The maximum absolute atomic E-state index is 11.2. The van der Waals surface area contributed by atoms with E-state index in [2.05, 4.69) is 6.92 Å². The second-order valence-corrected chi connectivity index (χ2v) is 4.59. The summed E-state index contributed by atoms with van der Waals surface area (Å²) in [4.78, 5) is 11.2. The number of aryl methyl sites for hydroxylation is 1. The van der Waals surface area contributed by atoms with Gasteiger partial charge in [0, 0.05) is 5.56 Å². The molecule has 0 aliphatic rings. The minimum atomic E-state index is -0.956. The van der Waals surface area contributed by atoms with Crippen LogP contribution < -0.4 is 9.47 Å². The molecule has 0 saturated carbocycles. The first kappa shape index (κ1) is 14.9. The van der Waals surface area contributed by atoms with E-state index in [4.69, 9.17) is 14.6 Å². The van der Waals surface area contributed by atoms with E-state index in [0.717, 1.165) is 12.0 Å². The van der Waals surface area contributed by atoms with Gasteiger partial charge >= 0.3 is 5.97 Å². The van der Waals surface area contributed by atoms with Gasteiger partial charge in [-0.2, -0.15) is 0 Å². The third-order valence-corrected chi connectivity index (χ3v) is 3.27. The van der Waals surface area contributed by atoms with Gasteiger partial charge in [0.05, 0.1) is 12.7 Å². The van der Waals surface area contributed by atoms with Gasteiger partial charge in [-0.25, -0.2) is 4.79 Å². The van der Waals surface area contributed by atoms with Crippen molar-refractivity contribution in [2.45, 2.75) is 20.0 Å². The van der Waals surface area contributed by atoms with Crippen LogP contribution >= 0.6 is 0 Å². The number of carboxylic acid groups (broad SMARTS) is 1. The third kappa shape index (κ3) is 3.54. The molecule has 0 atom stereocenters. The van der Waals surface area contributed by atoms with Crippen LogP contribution in [0.5, 0.6) is 11.5 Å². The smallest absolute Gasteiger partial charge is 0.336 e. The Morgan fingerprint density at radius 1 is 1.14 bits per heavy atom. The van der Waals surface area contributed by atoms with Crippen LogP contribution in [0.1, 0.15) is 28.4 Å². The monoisotopic (exact) mass is 286 g/mol. The van der Waals surface area contributed by atoms with Crippen molar-refractivity contribution >= 4 is 5.97 Å². The number of rotatable bonds is 6. The average Bonchev–Trinajstić information content (AvgIpc) is 2.52. The van der Waals surface area contributed by atoms with Gasteiger partial charge in [-0.05, 0) is 30.2 Å². The second kappa shape index (κ2) is 6.79. The Morgan fingerprint density at radius 2 is 1.90 bits per heavy atom. The zero-order valence-electron chi connectivity index (χ0n) is 12.1. The van der Waals surface area contributed by atoms with E-state index >= 15 is 0 Å². The van der Waals surface area contributed by atoms with Crippen LogP contribution in [0.3, 0.4) is 0 Å². The lowest BCUT2D eigenvalue weighted by Crippen LogP contribution is -2.05. The summed E-state index contributed by atoms with van der Waals surface area (Å²) in [6.45, 7) is 2.25. The van der Waals surface area contributed by atoms with Gasteiger partial charge in [-0.15, -0.1) is 0 Å². The van der Waals surface area contributed by atoms with Crippen molar-refractivity contribution in [2.75, 3.05) is 7.11 Å². The Balaban J connectivity index is 2.19. The first-order chi connectivity index (χ1) is 10.2. The molecular weight excluding hydrogens is 268 g/mol. The average molecular weight is 286 g/mol. The van der Waals surface area contributed by atoms with Gasteiger partial charge in [0.1, 0.15) is 6.61 Å². The lowest BCUT2D eigenvalue weighted by molar-refractivity contribution is 0.0694. The van der Waals surface area contributed by atoms with Crippen molar-refractivity contribution in [1.82, 2.24) is 0 Å². The molecule has 0 aliphatic heterocycles. The predicted octanol–water partition coefficient (Wildman–Crippen LogP) is 3.53. The molecule has 2 aromatic carbocycles. The summed E-state index contributed by atoms with van der Waals surface area (Å²) >= 11 is 0. The van der Waals surface area contributed by atoms with Gasteiger partial charge in [0.15, 0.2) is 11.5 Å². The summed E-state index contributed by atoms with van der Waals surface area (Å²) in [5.41, 5.74) is 2.04. The van der Waals surface area contributed by atoms with Crippen LogP contribution in [-0.2, 0) is 13.0 Å². The number of aromatic carboxylic acids is 1. The number of hydrogen-bond acceptors (Lipinski definition) is 3. The van der Waals surface area contributed by atoms with E-state index in [-0.39, 0.29) is 12.2 Å². The minimum absolute atomic E-state index is 0.185. The molecule has 1 N–H and O–H groups in total. The molecule has 2 aromatic rings. The molecule has 21 heavy (non-hydrogen) atoms. The largest absolute Gasteiger partial charge is 0.493 e. The summed E-state index contributed by atoms with van der Waals surface area (Å²) < 4.78 is 11.0. The maximum atomic E-state index is 11.2. The second-order valence-electron chi connectivity index (χ2n) is 4.59. The summed E-state index contributed by atoms with van der Waals surface area (Å²) in [5.74, 6) is 0.305. The van der Waals surface area contributed by atoms with Crippen LogP contribution in [-0.4, -0.2) is 18.2 Å². The predicted molar refractivity (Wildman–Crippen MR) is 80.1 cm³/mol. The van der Waals surface area contributed by atoms with E-state index in [1.165, 1.54) is 0 Å². The number of hydrogen-bond donors (Lipinski definition) is 1. The van der Waals surface area contributed by atoms with Crippen LogP contribution in [0.25, 0.3) is 0 Å². The van der Waals surface area contributed by atoms with E-state index in [0.29, 0.717) is 17.1 Å². The molecule has 2 rings (SSSR count). The summed E-state index contributed by atoms with van der Waals surface area (Å²) in [6, 6.07) is 12.6. The van der Waals surface area contributed by atoms with Gasteiger partial charge in [-0.3, -0.25) is 0 Å². The topological polar surface area (TPSA) is 55.8 Å². The number of carbonyl (C=O) groups is 1. The van der Waals surface area contributed by atoms with Crippen molar-refractivity contribution in [1.29, 1.82) is 0 Å². The highest BCUT2D eigenvalue weighted by Gasteiger charge is 2.11. The van der Waals surface area contributed by atoms with Gasteiger partial charge < -0.3 is 14.6 Å². The molecule has 4 nitrogen and oxygen atoms in total. The standard InChI is InChI=1S/C17H18O4/c1-3-12-8-9-15(16(10-12)20-2)21-11-13-6-4-5-7-14(13)17(18)19/h4-10H,3,11H2,1-2H3,(H,18,19). The van der Waals surface area contributed by atoms with E-state index in [1.54, 1.807) is 31.4 Å². The molecule has 0 spiro atoms. The molecule has 0 fully saturated rings. The van der Waals surface area contributed by atoms with Crippen LogP contribution in [0, 0.1) is 0 Å². The number of benzene rings is 2. The highest BCUT2D eigenvalue weighted by molar-refractivity contribution is 5.89. The fraction of sp³-hybridized carbons (Fsp3) is 0.235. The zero-order chi connectivity index (χ0) is 15.2. The van der Waals surface area contributed by atoms with Gasteiger partial charge in [-0.1, -0.05) is 31.2 Å². The number of ether oxygens (including phenoxy) is 2. The van der Waals surface area contributed by atoms with Gasteiger partial charge in [0.25, 0.3) is 0 Å².